The molecule has 0 unspecified atom stereocenters. The van der Waals surface area contributed by atoms with Crippen molar-refractivity contribution in [2.45, 2.75) is 0 Å². The van der Waals surface area contributed by atoms with Crippen LogP contribution in [0.3, 0.4) is 0 Å². The Morgan fingerprint density at radius 2 is 2.06 bits per heavy atom. The number of ether oxygens (including phenoxy) is 1. The zero-order chi connectivity index (χ0) is 11.6. The zero-order valence-corrected chi connectivity index (χ0v) is 11.7. The van der Waals surface area contributed by atoms with Gasteiger partial charge >= 0.3 is 51.4 Å². The molecule has 0 spiro atoms. The molecule has 0 saturated carbocycles. The zero-order valence-electron chi connectivity index (χ0n) is 8.59. The SMILES string of the molecule is COc1cc([N+](=O)[O-])c(C(=O)[O-])cc1O.[K+]. The summed E-state index contributed by atoms with van der Waals surface area (Å²) < 4.78 is 4.60. The first-order valence-corrected chi connectivity index (χ1v) is 3.74. The van der Waals surface area contributed by atoms with E-state index in [1.807, 2.05) is 0 Å². The van der Waals surface area contributed by atoms with Crippen LogP contribution in [0, 0.1) is 10.1 Å². The number of nitro benzene ring substituents is 1. The van der Waals surface area contributed by atoms with E-state index in [1.165, 1.54) is 7.11 Å². The van der Waals surface area contributed by atoms with Gasteiger partial charge in [0.15, 0.2) is 11.5 Å². The molecule has 1 rings (SSSR count). The Hall–Kier alpha value is -0.674. The van der Waals surface area contributed by atoms with Crippen LogP contribution in [0.25, 0.3) is 0 Å². The Morgan fingerprint density at radius 1 is 1.50 bits per heavy atom. The number of carbonyl (C=O) groups excluding carboxylic acids is 1. The fourth-order valence-electron chi connectivity index (χ4n) is 1.04. The van der Waals surface area contributed by atoms with Gasteiger partial charge in [-0.25, -0.2) is 0 Å². The molecule has 0 saturated heterocycles. The topological polar surface area (TPSA) is 113 Å². The van der Waals surface area contributed by atoms with Crippen LogP contribution in [-0.4, -0.2) is 23.1 Å². The van der Waals surface area contributed by atoms with Gasteiger partial charge < -0.3 is 19.7 Å². The Morgan fingerprint density at radius 3 is 2.44 bits per heavy atom. The van der Waals surface area contributed by atoms with Crippen LogP contribution in [0.2, 0.25) is 0 Å². The number of nitrogens with zero attached hydrogens (tertiary/aromatic N) is 1. The van der Waals surface area contributed by atoms with Crippen molar-refractivity contribution < 1.29 is 76.1 Å². The number of carbonyl (C=O) groups is 1. The third-order valence-corrected chi connectivity index (χ3v) is 1.71. The van der Waals surface area contributed by atoms with E-state index in [4.69, 9.17) is 0 Å². The number of benzene rings is 1. The van der Waals surface area contributed by atoms with Crippen molar-refractivity contribution in [3.63, 3.8) is 0 Å². The largest absolute Gasteiger partial charge is 1.00 e. The molecule has 0 aromatic heterocycles. The van der Waals surface area contributed by atoms with Gasteiger partial charge in [0, 0.05) is 0 Å². The van der Waals surface area contributed by atoms with Crippen molar-refractivity contribution in [3.05, 3.63) is 27.8 Å². The molecule has 0 aliphatic heterocycles. The molecule has 0 radical (unpaired) electrons. The third kappa shape index (κ3) is 3.16. The number of methoxy groups -OCH3 is 1. The first-order chi connectivity index (χ1) is 6.97. The summed E-state index contributed by atoms with van der Waals surface area (Å²) in [5.41, 5.74) is -1.39. The quantitative estimate of drug-likeness (QED) is 0.341. The van der Waals surface area contributed by atoms with Crippen LogP contribution in [-0.2, 0) is 0 Å². The van der Waals surface area contributed by atoms with E-state index in [0.29, 0.717) is 6.07 Å². The molecule has 0 aliphatic carbocycles. The van der Waals surface area contributed by atoms with Gasteiger partial charge in [-0.2, -0.15) is 0 Å². The average Bonchev–Trinajstić information content (AvgIpc) is 2.16. The van der Waals surface area contributed by atoms with Crippen molar-refractivity contribution in [2.24, 2.45) is 0 Å². The maximum atomic E-state index is 10.5. The van der Waals surface area contributed by atoms with E-state index in [9.17, 15) is 25.1 Å². The first kappa shape index (κ1) is 15.3. The predicted octanol–water partition coefficient (Wildman–Crippen LogP) is -3.32. The van der Waals surface area contributed by atoms with E-state index in [-0.39, 0.29) is 57.1 Å². The van der Waals surface area contributed by atoms with Gasteiger partial charge in [0.2, 0.25) is 0 Å². The molecule has 0 fully saturated rings. The Labute approximate surface area is 133 Å². The maximum Gasteiger partial charge on any atom is 1.00 e. The fourth-order valence-corrected chi connectivity index (χ4v) is 1.04. The molecule has 0 aliphatic rings. The van der Waals surface area contributed by atoms with Crippen molar-refractivity contribution in [2.75, 3.05) is 7.11 Å². The molecule has 0 atom stereocenters. The number of rotatable bonds is 3. The van der Waals surface area contributed by atoms with E-state index >= 15 is 0 Å². The summed E-state index contributed by atoms with van der Waals surface area (Å²) in [4.78, 5) is 20.1. The number of nitro groups is 1. The summed E-state index contributed by atoms with van der Waals surface area (Å²) >= 11 is 0. The van der Waals surface area contributed by atoms with Gasteiger partial charge in [0.05, 0.1) is 29.6 Å². The van der Waals surface area contributed by atoms with E-state index in [2.05, 4.69) is 4.74 Å². The minimum absolute atomic E-state index is 0. The third-order valence-electron chi connectivity index (χ3n) is 1.71. The van der Waals surface area contributed by atoms with E-state index in [0.717, 1.165) is 6.07 Å². The molecule has 1 N–H and O–H groups in total. The molecule has 0 amide bonds. The molecule has 0 heterocycles. The Bertz CT molecular complexity index is 433. The van der Waals surface area contributed by atoms with Crippen LogP contribution in [0.4, 0.5) is 5.69 Å². The Kier molecular flexibility index (Phi) is 5.90. The summed E-state index contributed by atoms with van der Waals surface area (Å²) in [6.45, 7) is 0. The second kappa shape index (κ2) is 6.16. The number of carboxylic acid groups (broad SMARTS) is 1. The molecule has 16 heavy (non-hydrogen) atoms. The summed E-state index contributed by atoms with van der Waals surface area (Å²) in [6, 6.07) is 1.53. The molecule has 1 aromatic rings. The number of aromatic carboxylic acids is 1. The van der Waals surface area contributed by atoms with Gasteiger partial charge in [0.25, 0.3) is 5.69 Å². The van der Waals surface area contributed by atoms with Crippen molar-refractivity contribution >= 4 is 11.7 Å². The molecule has 80 valence electrons. The standard InChI is InChI=1S/C8H7NO6.K/c1-15-7-3-5(9(13)14)4(8(11)12)2-6(7)10;/h2-3,10H,1H3,(H,11,12);/q;+1/p-1. The van der Waals surface area contributed by atoms with Crippen LogP contribution < -0.4 is 61.2 Å². The second-order valence-corrected chi connectivity index (χ2v) is 2.59. The summed E-state index contributed by atoms with van der Waals surface area (Å²) in [5.74, 6) is -2.41. The smallest absolute Gasteiger partial charge is 0.545 e. The molecule has 1 aromatic carbocycles. The predicted molar refractivity (Wildman–Crippen MR) is 45.6 cm³/mol. The summed E-state index contributed by atoms with van der Waals surface area (Å²) in [7, 11) is 1.19. The van der Waals surface area contributed by atoms with Gasteiger partial charge in [-0.05, 0) is 6.07 Å². The number of hydrogen-bond acceptors (Lipinski definition) is 6. The van der Waals surface area contributed by atoms with Gasteiger partial charge in [-0.15, -0.1) is 0 Å². The Balaban J connectivity index is 0.00000225. The van der Waals surface area contributed by atoms with Gasteiger partial charge in [-0.1, -0.05) is 0 Å². The van der Waals surface area contributed by atoms with E-state index < -0.39 is 27.9 Å². The van der Waals surface area contributed by atoms with Crippen LogP contribution in [0.1, 0.15) is 10.4 Å². The summed E-state index contributed by atoms with van der Waals surface area (Å²) in [6.07, 6.45) is 0. The van der Waals surface area contributed by atoms with Crippen molar-refractivity contribution in [1.29, 1.82) is 0 Å². The number of phenolic OH excluding ortho intramolecular Hbond substituents is 1. The van der Waals surface area contributed by atoms with Gasteiger partial charge in [0.1, 0.15) is 0 Å². The second-order valence-electron chi connectivity index (χ2n) is 2.59. The van der Waals surface area contributed by atoms with Crippen LogP contribution in [0.5, 0.6) is 11.5 Å². The van der Waals surface area contributed by atoms with Crippen LogP contribution in [0.15, 0.2) is 12.1 Å². The van der Waals surface area contributed by atoms with Crippen LogP contribution >= 0.6 is 0 Å². The number of aromatic hydroxyl groups is 1. The maximum absolute atomic E-state index is 10.5. The fraction of sp³-hybridized carbons (Fsp3) is 0.125. The van der Waals surface area contributed by atoms with Crippen molar-refractivity contribution in [3.8, 4) is 11.5 Å². The first-order valence-electron chi connectivity index (χ1n) is 3.74. The minimum Gasteiger partial charge on any atom is -0.545 e. The number of hydrogen-bond donors (Lipinski definition) is 1. The monoisotopic (exact) mass is 251 g/mol. The minimum atomic E-state index is -1.74. The molecular formula is C8H6KNO6. The van der Waals surface area contributed by atoms with E-state index in [1.54, 1.807) is 0 Å². The molecule has 7 nitrogen and oxygen atoms in total. The average molecular weight is 251 g/mol. The molecule has 0 bridgehead atoms. The number of phenols is 1. The summed E-state index contributed by atoms with van der Waals surface area (Å²) in [5, 5.41) is 30.2. The molecule has 8 heteroatoms. The number of carboxylic acids is 1. The normalized spacial score (nSPS) is 9.06. The molecular weight excluding hydrogens is 245 g/mol. The van der Waals surface area contributed by atoms with Gasteiger partial charge in [-0.3, -0.25) is 10.1 Å². The van der Waals surface area contributed by atoms with Crippen molar-refractivity contribution in [1.82, 2.24) is 0 Å².